The smallest absolute Gasteiger partial charge is 0.125 e. The molecule has 0 spiro atoms. The van der Waals surface area contributed by atoms with Gasteiger partial charge in [0.25, 0.3) is 0 Å². The van der Waals surface area contributed by atoms with Gasteiger partial charge in [0.15, 0.2) is 0 Å². The van der Waals surface area contributed by atoms with E-state index >= 15 is 0 Å². The number of hydrogen-bond acceptors (Lipinski definition) is 3. The molecule has 4 heteroatoms. The molecule has 1 aliphatic rings. The molecule has 1 aliphatic heterocycles. The Morgan fingerprint density at radius 2 is 2.16 bits per heavy atom. The average molecular weight is 265 g/mol. The molecule has 0 aromatic heterocycles. The number of halogens is 1. The van der Waals surface area contributed by atoms with Gasteiger partial charge in [-0.05, 0) is 46.1 Å². The Balaban J connectivity index is 2.16. The summed E-state index contributed by atoms with van der Waals surface area (Å²) in [5.74, 6) is -0.169. The first-order valence-electron chi connectivity index (χ1n) is 6.79. The Bertz CT molecular complexity index is 431. The van der Waals surface area contributed by atoms with Gasteiger partial charge in [-0.15, -0.1) is 0 Å². The highest BCUT2D eigenvalue weighted by Gasteiger charge is 2.32. The summed E-state index contributed by atoms with van der Waals surface area (Å²) in [6.45, 7) is 7.17. The molecule has 1 heterocycles. The molecule has 0 bridgehead atoms. The summed E-state index contributed by atoms with van der Waals surface area (Å²) in [7, 11) is 4.16. The van der Waals surface area contributed by atoms with Crippen LogP contribution in [0.1, 0.15) is 13.8 Å². The predicted octanol–water partition coefficient (Wildman–Crippen LogP) is 1.94. The van der Waals surface area contributed by atoms with E-state index in [1.807, 2.05) is 6.07 Å². The molecule has 2 rings (SSSR count). The lowest BCUT2D eigenvalue weighted by Gasteiger charge is -2.45. The van der Waals surface area contributed by atoms with Gasteiger partial charge in [-0.2, -0.15) is 0 Å². The Morgan fingerprint density at radius 1 is 1.42 bits per heavy atom. The monoisotopic (exact) mass is 265 g/mol. The Hall–Kier alpha value is -1.13. The first kappa shape index (κ1) is 14.3. The second-order valence-electron chi connectivity index (χ2n) is 6.35. The minimum absolute atomic E-state index is 0.0330. The summed E-state index contributed by atoms with van der Waals surface area (Å²) in [6.07, 6.45) is 0. The van der Waals surface area contributed by atoms with E-state index in [0.717, 1.165) is 25.3 Å². The van der Waals surface area contributed by atoms with Gasteiger partial charge in [0.2, 0.25) is 0 Å². The van der Waals surface area contributed by atoms with Crippen LogP contribution in [0.15, 0.2) is 24.3 Å². The first-order valence-corrected chi connectivity index (χ1v) is 6.79. The number of anilines is 1. The third-order valence-electron chi connectivity index (χ3n) is 3.38. The highest BCUT2D eigenvalue weighted by Crippen LogP contribution is 2.22. The molecular weight excluding hydrogens is 241 g/mol. The standard InChI is InChI=1S/C15H24FN3/c1-15(2)11-19(10-13(17-15)9-18(3)4)14-7-5-6-12(16)8-14/h5-8,13,17H,9-11H2,1-4H3. The molecule has 0 amide bonds. The van der Waals surface area contributed by atoms with Crippen molar-refractivity contribution >= 4 is 5.69 Å². The molecule has 106 valence electrons. The molecule has 3 nitrogen and oxygen atoms in total. The van der Waals surface area contributed by atoms with Crippen LogP contribution in [0.4, 0.5) is 10.1 Å². The van der Waals surface area contributed by atoms with Crippen molar-refractivity contribution in [1.82, 2.24) is 10.2 Å². The zero-order valence-corrected chi connectivity index (χ0v) is 12.3. The molecule has 19 heavy (non-hydrogen) atoms. The predicted molar refractivity (Wildman–Crippen MR) is 78.2 cm³/mol. The van der Waals surface area contributed by atoms with E-state index in [1.54, 1.807) is 12.1 Å². The van der Waals surface area contributed by atoms with Gasteiger partial charge in [0.1, 0.15) is 5.82 Å². The maximum atomic E-state index is 13.4. The lowest BCUT2D eigenvalue weighted by atomic mass is 9.97. The second-order valence-corrected chi connectivity index (χ2v) is 6.35. The SMILES string of the molecule is CN(C)CC1CN(c2cccc(F)c2)CC(C)(C)N1. The molecule has 0 saturated carbocycles. The Kier molecular flexibility index (Phi) is 4.11. The van der Waals surface area contributed by atoms with E-state index in [0.29, 0.717) is 6.04 Å². The highest BCUT2D eigenvalue weighted by atomic mass is 19.1. The normalized spacial score (nSPS) is 22.8. The van der Waals surface area contributed by atoms with Crippen LogP contribution in [0, 0.1) is 5.82 Å². The maximum absolute atomic E-state index is 13.4. The van der Waals surface area contributed by atoms with Crippen molar-refractivity contribution in [3.63, 3.8) is 0 Å². The molecular formula is C15H24FN3. The number of benzene rings is 1. The minimum Gasteiger partial charge on any atom is -0.368 e. The quantitative estimate of drug-likeness (QED) is 0.901. The fourth-order valence-electron chi connectivity index (χ4n) is 2.87. The van der Waals surface area contributed by atoms with Crippen molar-refractivity contribution in [2.75, 3.05) is 38.6 Å². The fraction of sp³-hybridized carbons (Fsp3) is 0.600. The minimum atomic E-state index is -0.169. The number of piperazine rings is 1. The topological polar surface area (TPSA) is 18.5 Å². The van der Waals surface area contributed by atoms with Crippen LogP contribution in [-0.2, 0) is 0 Å². The summed E-state index contributed by atoms with van der Waals surface area (Å²) in [5, 5.41) is 3.66. The van der Waals surface area contributed by atoms with Crippen LogP contribution in [0.3, 0.4) is 0 Å². The van der Waals surface area contributed by atoms with Crippen molar-refractivity contribution in [3.8, 4) is 0 Å². The van der Waals surface area contributed by atoms with Gasteiger partial charge < -0.3 is 15.1 Å². The number of nitrogens with one attached hydrogen (secondary N) is 1. The molecule has 1 aromatic carbocycles. The van der Waals surface area contributed by atoms with Crippen molar-refractivity contribution < 1.29 is 4.39 Å². The van der Waals surface area contributed by atoms with E-state index in [1.165, 1.54) is 6.07 Å². The molecule has 0 aliphatic carbocycles. The van der Waals surface area contributed by atoms with E-state index in [-0.39, 0.29) is 11.4 Å². The fourth-order valence-corrected chi connectivity index (χ4v) is 2.87. The van der Waals surface area contributed by atoms with Crippen molar-refractivity contribution in [2.24, 2.45) is 0 Å². The molecule has 1 fully saturated rings. The lowest BCUT2D eigenvalue weighted by molar-refractivity contribution is 0.244. The van der Waals surface area contributed by atoms with Crippen molar-refractivity contribution in [2.45, 2.75) is 25.4 Å². The zero-order valence-electron chi connectivity index (χ0n) is 12.3. The lowest BCUT2D eigenvalue weighted by Crippen LogP contribution is -2.64. The van der Waals surface area contributed by atoms with Gasteiger partial charge in [-0.3, -0.25) is 0 Å². The maximum Gasteiger partial charge on any atom is 0.125 e. The van der Waals surface area contributed by atoms with Crippen molar-refractivity contribution in [3.05, 3.63) is 30.1 Å². The third-order valence-corrected chi connectivity index (χ3v) is 3.38. The van der Waals surface area contributed by atoms with Gasteiger partial charge in [-0.25, -0.2) is 4.39 Å². The summed E-state index contributed by atoms with van der Waals surface area (Å²) >= 11 is 0. The highest BCUT2D eigenvalue weighted by molar-refractivity contribution is 5.47. The van der Waals surface area contributed by atoms with E-state index in [9.17, 15) is 4.39 Å². The average Bonchev–Trinajstić information content (AvgIpc) is 2.25. The number of likely N-dealkylation sites (N-methyl/N-ethyl adjacent to an activating group) is 1. The van der Waals surface area contributed by atoms with E-state index in [4.69, 9.17) is 0 Å². The third kappa shape index (κ3) is 3.91. The summed E-state index contributed by atoms with van der Waals surface area (Å²) in [5.41, 5.74) is 1.00. The van der Waals surface area contributed by atoms with Crippen LogP contribution >= 0.6 is 0 Å². The Labute approximate surface area is 115 Å². The zero-order chi connectivity index (χ0) is 14.0. The first-order chi connectivity index (χ1) is 8.85. The Morgan fingerprint density at radius 3 is 2.79 bits per heavy atom. The number of nitrogens with zero attached hydrogens (tertiary/aromatic N) is 2. The van der Waals surface area contributed by atoms with Gasteiger partial charge in [0.05, 0.1) is 0 Å². The van der Waals surface area contributed by atoms with E-state index < -0.39 is 0 Å². The summed E-state index contributed by atoms with van der Waals surface area (Å²) < 4.78 is 13.4. The largest absolute Gasteiger partial charge is 0.368 e. The van der Waals surface area contributed by atoms with Crippen molar-refractivity contribution in [1.29, 1.82) is 0 Å². The number of hydrogen-bond donors (Lipinski definition) is 1. The van der Waals surface area contributed by atoms with Crippen LogP contribution in [0.25, 0.3) is 0 Å². The van der Waals surface area contributed by atoms with E-state index in [2.05, 4.69) is 43.1 Å². The summed E-state index contributed by atoms with van der Waals surface area (Å²) in [4.78, 5) is 4.45. The molecule has 1 aromatic rings. The van der Waals surface area contributed by atoms with Crippen LogP contribution in [0.5, 0.6) is 0 Å². The molecule has 1 saturated heterocycles. The van der Waals surface area contributed by atoms with Gasteiger partial charge in [-0.1, -0.05) is 6.07 Å². The van der Waals surface area contributed by atoms with Gasteiger partial charge in [0, 0.05) is 36.9 Å². The van der Waals surface area contributed by atoms with Crippen LogP contribution in [0.2, 0.25) is 0 Å². The molecule has 0 radical (unpaired) electrons. The molecule has 1 N–H and O–H groups in total. The molecule has 1 unspecified atom stereocenters. The second kappa shape index (κ2) is 5.47. The van der Waals surface area contributed by atoms with Crippen LogP contribution < -0.4 is 10.2 Å². The molecule has 1 atom stereocenters. The van der Waals surface area contributed by atoms with Gasteiger partial charge >= 0.3 is 0 Å². The summed E-state index contributed by atoms with van der Waals surface area (Å²) in [6, 6.07) is 7.27. The number of rotatable bonds is 3. The van der Waals surface area contributed by atoms with Crippen LogP contribution in [-0.4, -0.2) is 50.2 Å².